The van der Waals surface area contributed by atoms with Crippen molar-refractivity contribution in [3.05, 3.63) is 48.3 Å². The van der Waals surface area contributed by atoms with Crippen LogP contribution in [0.5, 0.6) is 0 Å². The van der Waals surface area contributed by atoms with E-state index < -0.39 is 0 Å². The van der Waals surface area contributed by atoms with Crippen molar-refractivity contribution in [2.24, 2.45) is 0 Å². The van der Waals surface area contributed by atoms with E-state index in [4.69, 9.17) is 0 Å². The van der Waals surface area contributed by atoms with E-state index in [1.54, 1.807) is 6.20 Å². The summed E-state index contributed by atoms with van der Waals surface area (Å²) in [6.07, 6.45) is 5.62. The van der Waals surface area contributed by atoms with Crippen LogP contribution in [0.15, 0.2) is 36.9 Å². The summed E-state index contributed by atoms with van der Waals surface area (Å²) in [6, 6.07) is 6.61. The summed E-state index contributed by atoms with van der Waals surface area (Å²) < 4.78 is 2.09. The first kappa shape index (κ1) is 15.5. The lowest BCUT2D eigenvalue weighted by atomic mass is 10.1. The van der Waals surface area contributed by atoms with Gasteiger partial charge in [-0.15, -0.1) is 24.8 Å². The van der Waals surface area contributed by atoms with Crippen LogP contribution in [0.1, 0.15) is 24.4 Å². The molecule has 3 rings (SSSR count). The molecular weight excluding hydrogens is 283 g/mol. The third kappa shape index (κ3) is 2.91. The van der Waals surface area contributed by atoms with Gasteiger partial charge in [0.1, 0.15) is 5.82 Å². The Morgan fingerprint density at radius 3 is 2.74 bits per heavy atom. The number of fused-ring (bicyclic) bond motifs is 1. The second kappa shape index (κ2) is 6.08. The van der Waals surface area contributed by atoms with Crippen molar-refractivity contribution < 1.29 is 0 Å². The Labute approximate surface area is 124 Å². The molecule has 102 valence electrons. The van der Waals surface area contributed by atoms with Gasteiger partial charge in [-0.3, -0.25) is 0 Å². The van der Waals surface area contributed by atoms with Gasteiger partial charge in [0, 0.05) is 12.4 Å². The lowest BCUT2D eigenvalue weighted by molar-refractivity contribution is 0.639. The van der Waals surface area contributed by atoms with Crippen molar-refractivity contribution in [1.82, 2.24) is 19.5 Å². The lowest BCUT2D eigenvalue weighted by Crippen LogP contribution is -2.03. The van der Waals surface area contributed by atoms with Crippen LogP contribution >= 0.6 is 24.8 Å². The Hall–Kier alpha value is -1.52. The van der Waals surface area contributed by atoms with Gasteiger partial charge in [-0.2, -0.15) is 0 Å². The minimum absolute atomic E-state index is 0. The molecule has 0 radical (unpaired) electrons. The molecule has 1 N–H and O–H groups in total. The predicted molar refractivity (Wildman–Crippen MR) is 81.4 cm³/mol. The number of halogens is 2. The number of imidazole rings is 2. The molecule has 19 heavy (non-hydrogen) atoms. The molecule has 1 atom stereocenters. The molecule has 0 bridgehead atoms. The number of aryl methyl sites for hydroxylation is 1. The molecule has 0 aliphatic heterocycles. The lowest BCUT2D eigenvalue weighted by Gasteiger charge is -2.13. The van der Waals surface area contributed by atoms with Crippen LogP contribution in [-0.4, -0.2) is 19.5 Å². The number of hydrogen-bond donors (Lipinski definition) is 1. The Balaban J connectivity index is 0.000000902. The minimum atomic E-state index is 0. The van der Waals surface area contributed by atoms with Crippen molar-refractivity contribution in [1.29, 1.82) is 0 Å². The normalized spacial score (nSPS) is 11.7. The van der Waals surface area contributed by atoms with Gasteiger partial charge in [0.15, 0.2) is 0 Å². The van der Waals surface area contributed by atoms with E-state index in [0.29, 0.717) is 0 Å². The highest BCUT2D eigenvalue weighted by Crippen LogP contribution is 2.21. The minimum Gasteiger partial charge on any atom is -0.342 e. The largest absolute Gasteiger partial charge is 0.342 e. The number of rotatable bonds is 2. The zero-order valence-corrected chi connectivity index (χ0v) is 12.3. The van der Waals surface area contributed by atoms with E-state index in [-0.39, 0.29) is 30.9 Å². The highest BCUT2D eigenvalue weighted by molar-refractivity contribution is 5.85. The molecule has 0 saturated carbocycles. The Kier molecular flexibility index (Phi) is 4.97. The van der Waals surface area contributed by atoms with Crippen molar-refractivity contribution in [2.45, 2.75) is 19.9 Å². The van der Waals surface area contributed by atoms with Crippen molar-refractivity contribution in [3.63, 3.8) is 0 Å². The van der Waals surface area contributed by atoms with Crippen LogP contribution in [0.25, 0.3) is 11.0 Å². The van der Waals surface area contributed by atoms with Crippen LogP contribution in [0.3, 0.4) is 0 Å². The number of benzene rings is 1. The maximum absolute atomic E-state index is 4.40. The van der Waals surface area contributed by atoms with Crippen LogP contribution in [0.4, 0.5) is 0 Å². The molecule has 4 nitrogen and oxygen atoms in total. The molecule has 0 fully saturated rings. The number of H-pyrrole nitrogens is 1. The van der Waals surface area contributed by atoms with E-state index in [2.05, 4.69) is 44.6 Å². The van der Waals surface area contributed by atoms with Crippen molar-refractivity contribution >= 4 is 35.8 Å². The highest BCUT2D eigenvalue weighted by Gasteiger charge is 2.08. The Morgan fingerprint density at radius 1 is 1.26 bits per heavy atom. The highest BCUT2D eigenvalue weighted by atomic mass is 35.5. The monoisotopic (exact) mass is 298 g/mol. The van der Waals surface area contributed by atoms with Gasteiger partial charge in [0.25, 0.3) is 0 Å². The van der Waals surface area contributed by atoms with Crippen LogP contribution in [0.2, 0.25) is 0 Å². The fourth-order valence-electron chi connectivity index (χ4n) is 2.09. The van der Waals surface area contributed by atoms with Crippen LogP contribution < -0.4 is 0 Å². The maximum atomic E-state index is 4.40. The SMILES string of the molecule is Cc1nc2ccc(C(C)n3ccnc3)cc2[nH]1.Cl.Cl. The third-order valence-electron chi connectivity index (χ3n) is 3.08. The molecule has 0 aliphatic carbocycles. The first-order valence-corrected chi connectivity index (χ1v) is 5.68. The number of nitrogens with one attached hydrogen (secondary N) is 1. The predicted octanol–water partition coefficient (Wildman–Crippen LogP) is 3.52. The Morgan fingerprint density at radius 2 is 2.05 bits per heavy atom. The van der Waals surface area contributed by atoms with Crippen molar-refractivity contribution in [2.75, 3.05) is 0 Å². The molecular formula is C13H16Cl2N4. The molecule has 1 unspecified atom stereocenters. The maximum Gasteiger partial charge on any atom is 0.104 e. The van der Waals surface area contributed by atoms with Crippen molar-refractivity contribution in [3.8, 4) is 0 Å². The molecule has 3 aromatic rings. The van der Waals surface area contributed by atoms with Crippen LogP contribution in [-0.2, 0) is 0 Å². The summed E-state index contributed by atoms with van der Waals surface area (Å²) in [4.78, 5) is 11.7. The molecule has 0 aliphatic rings. The standard InChI is InChI=1S/C13H14N4.2ClH/c1-9(17-6-5-14-8-17)11-3-4-12-13(7-11)16-10(2)15-12;;/h3-9H,1-2H3,(H,15,16);2*1H. The third-order valence-corrected chi connectivity index (χ3v) is 3.08. The summed E-state index contributed by atoms with van der Waals surface area (Å²) in [5.41, 5.74) is 3.36. The Bertz CT molecular complexity index is 646. The first-order chi connectivity index (χ1) is 8.24. The van der Waals surface area contributed by atoms with Gasteiger partial charge in [-0.25, -0.2) is 9.97 Å². The molecule has 0 saturated heterocycles. The van der Waals surface area contributed by atoms with E-state index >= 15 is 0 Å². The molecule has 0 amide bonds. The molecule has 2 heterocycles. The van der Waals surface area contributed by atoms with Crippen LogP contribution in [0, 0.1) is 6.92 Å². The number of aromatic amines is 1. The molecule has 2 aromatic heterocycles. The average Bonchev–Trinajstić information content (AvgIpc) is 2.94. The van der Waals surface area contributed by atoms with Gasteiger partial charge < -0.3 is 9.55 Å². The number of hydrogen-bond acceptors (Lipinski definition) is 2. The second-order valence-corrected chi connectivity index (χ2v) is 4.28. The van der Waals surface area contributed by atoms with E-state index in [0.717, 1.165) is 16.9 Å². The fraction of sp³-hybridized carbons (Fsp3) is 0.231. The summed E-state index contributed by atoms with van der Waals surface area (Å²) in [6.45, 7) is 4.13. The molecule has 0 spiro atoms. The van der Waals surface area contributed by atoms with Gasteiger partial charge in [-0.05, 0) is 31.5 Å². The van der Waals surface area contributed by atoms with Gasteiger partial charge in [-0.1, -0.05) is 6.07 Å². The van der Waals surface area contributed by atoms with E-state index in [9.17, 15) is 0 Å². The van der Waals surface area contributed by atoms with E-state index in [1.165, 1.54) is 5.56 Å². The summed E-state index contributed by atoms with van der Waals surface area (Å²) in [5.74, 6) is 0.951. The summed E-state index contributed by atoms with van der Waals surface area (Å²) in [5, 5.41) is 0. The number of aromatic nitrogens is 4. The van der Waals surface area contributed by atoms with Gasteiger partial charge >= 0.3 is 0 Å². The topological polar surface area (TPSA) is 46.5 Å². The van der Waals surface area contributed by atoms with Gasteiger partial charge in [0.2, 0.25) is 0 Å². The zero-order valence-electron chi connectivity index (χ0n) is 10.7. The quantitative estimate of drug-likeness (QED) is 0.787. The summed E-state index contributed by atoms with van der Waals surface area (Å²) in [7, 11) is 0. The van der Waals surface area contributed by atoms with Gasteiger partial charge in [0.05, 0.1) is 23.4 Å². The zero-order chi connectivity index (χ0) is 11.8. The molecule has 1 aromatic carbocycles. The van der Waals surface area contributed by atoms with E-state index in [1.807, 2.05) is 19.4 Å². The summed E-state index contributed by atoms with van der Waals surface area (Å²) >= 11 is 0. The smallest absolute Gasteiger partial charge is 0.104 e. The first-order valence-electron chi connectivity index (χ1n) is 5.68. The average molecular weight is 299 g/mol. The second-order valence-electron chi connectivity index (χ2n) is 4.28. The molecule has 6 heteroatoms. The number of nitrogens with zero attached hydrogens (tertiary/aromatic N) is 3. The fourth-order valence-corrected chi connectivity index (χ4v) is 2.09.